The number of fused-ring (bicyclic) bond motifs is 1. The van der Waals surface area contributed by atoms with Gasteiger partial charge in [-0.25, -0.2) is 14.4 Å². The summed E-state index contributed by atoms with van der Waals surface area (Å²) in [5.41, 5.74) is 1.91. The summed E-state index contributed by atoms with van der Waals surface area (Å²) >= 11 is 7.70. The van der Waals surface area contributed by atoms with E-state index in [9.17, 15) is 4.39 Å². The Morgan fingerprint density at radius 2 is 1.89 bits per heavy atom. The van der Waals surface area contributed by atoms with Gasteiger partial charge in [0.2, 0.25) is 0 Å². The minimum atomic E-state index is -0.252. The van der Waals surface area contributed by atoms with Crippen LogP contribution in [-0.4, -0.2) is 9.97 Å². The van der Waals surface area contributed by atoms with Crippen LogP contribution in [0.15, 0.2) is 30.6 Å². The number of hydrogen-bond acceptors (Lipinski definition) is 3. The Morgan fingerprint density at radius 3 is 2.61 bits per heavy atom. The Bertz CT molecular complexity index is 722. The summed E-state index contributed by atoms with van der Waals surface area (Å²) in [6.07, 6.45) is 1.45. The van der Waals surface area contributed by atoms with E-state index in [-0.39, 0.29) is 5.82 Å². The van der Waals surface area contributed by atoms with Gasteiger partial charge in [-0.1, -0.05) is 23.7 Å². The van der Waals surface area contributed by atoms with Crippen LogP contribution in [0.4, 0.5) is 4.39 Å². The van der Waals surface area contributed by atoms with Crippen LogP contribution in [0.3, 0.4) is 0 Å². The maximum absolute atomic E-state index is 13.0. The first-order chi connectivity index (χ1) is 8.66. The van der Waals surface area contributed by atoms with Gasteiger partial charge in [0.25, 0.3) is 0 Å². The highest BCUT2D eigenvalue weighted by atomic mass is 35.5. The van der Waals surface area contributed by atoms with Gasteiger partial charge < -0.3 is 0 Å². The third-order valence-corrected chi connectivity index (χ3v) is 4.05. The fraction of sp³-hybridized carbons (Fsp3) is 0.0769. The maximum Gasteiger partial charge on any atom is 0.141 e. The van der Waals surface area contributed by atoms with E-state index in [0.717, 1.165) is 26.2 Å². The molecule has 3 rings (SSSR count). The maximum atomic E-state index is 13.0. The average Bonchev–Trinajstić information content (AvgIpc) is 2.68. The molecule has 5 heteroatoms. The first-order valence-corrected chi connectivity index (χ1v) is 6.52. The highest BCUT2D eigenvalue weighted by Crippen LogP contribution is 2.39. The molecular formula is C13H8ClFN2S. The summed E-state index contributed by atoms with van der Waals surface area (Å²) in [5.74, 6) is -0.252. The molecule has 0 unspecified atom stereocenters. The molecule has 0 aliphatic heterocycles. The lowest BCUT2D eigenvalue weighted by Gasteiger charge is -2.02. The van der Waals surface area contributed by atoms with E-state index in [1.165, 1.54) is 18.5 Å². The van der Waals surface area contributed by atoms with Crippen LogP contribution in [0.5, 0.6) is 0 Å². The van der Waals surface area contributed by atoms with Crippen molar-refractivity contribution in [1.29, 1.82) is 0 Å². The molecule has 0 saturated heterocycles. The van der Waals surface area contributed by atoms with Crippen molar-refractivity contribution in [2.24, 2.45) is 0 Å². The van der Waals surface area contributed by atoms with Crippen molar-refractivity contribution >= 4 is 33.2 Å². The number of halogens is 2. The molecule has 90 valence electrons. The molecule has 0 fully saturated rings. The van der Waals surface area contributed by atoms with E-state index >= 15 is 0 Å². The molecule has 2 nitrogen and oxygen atoms in total. The van der Waals surface area contributed by atoms with Crippen LogP contribution in [0.1, 0.15) is 4.88 Å². The first kappa shape index (κ1) is 11.6. The molecule has 0 aliphatic rings. The topological polar surface area (TPSA) is 25.8 Å². The van der Waals surface area contributed by atoms with E-state index in [0.29, 0.717) is 5.15 Å². The lowest BCUT2D eigenvalue weighted by atomic mass is 10.0. The van der Waals surface area contributed by atoms with Crippen LogP contribution in [-0.2, 0) is 0 Å². The van der Waals surface area contributed by atoms with Crippen LogP contribution >= 0.6 is 22.9 Å². The average molecular weight is 279 g/mol. The summed E-state index contributed by atoms with van der Waals surface area (Å²) in [6, 6.07) is 6.37. The van der Waals surface area contributed by atoms with Crippen LogP contribution < -0.4 is 0 Å². The molecule has 0 atom stereocenters. The third kappa shape index (κ3) is 1.78. The molecule has 0 amide bonds. The summed E-state index contributed by atoms with van der Waals surface area (Å²) in [7, 11) is 0. The fourth-order valence-electron chi connectivity index (χ4n) is 1.97. The largest absolute Gasteiger partial charge is 0.225 e. The zero-order valence-corrected chi connectivity index (χ0v) is 11.0. The Morgan fingerprint density at radius 1 is 1.17 bits per heavy atom. The smallest absolute Gasteiger partial charge is 0.141 e. The quantitative estimate of drug-likeness (QED) is 0.614. The Labute approximate surface area is 112 Å². The van der Waals surface area contributed by atoms with Crippen molar-refractivity contribution in [2.75, 3.05) is 0 Å². The second-order valence-corrected chi connectivity index (χ2v) is 5.45. The minimum Gasteiger partial charge on any atom is -0.225 e. The number of thiophene rings is 1. The van der Waals surface area contributed by atoms with Crippen molar-refractivity contribution < 1.29 is 4.39 Å². The van der Waals surface area contributed by atoms with Gasteiger partial charge in [0.15, 0.2) is 0 Å². The van der Waals surface area contributed by atoms with E-state index in [1.54, 1.807) is 23.5 Å². The molecular weight excluding hydrogens is 271 g/mol. The second-order valence-electron chi connectivity index (χ2n) is 3.88. The van der Waals surface area contributed by atoms with E-state index in [4.69, 9.17) is 11.6 Å². The molecule has 0 saturated carbocycles. The van der Waals surface area contributed by atoms with Gasteiger partial charge in [-0.15, -0.1) is 11.3 Å². The van der Waals surface area contributed by atoms with Crippen LogP contribution in [0, 0.1) is 12.7 Å². The Hall–Kier alpha value is -1.52. The molecule has 3 aromatic rings. The summed E-state index contributed by atoms with van der Waals surface area (Å²) in [5, 5.41) is 1.27. The van der Waals surface area contributed by atoms with Gasteiger partial charge in [0, 0.05) is 10.4 Å². The second kappa shape index (κ2) is 4.30. The normalized spacial score (nSPS) is 11.1. The predicted octanol–water partition coefficient (Wildman–Crippen LogP) is 4.46. The van der Waals surface area contributed by atoms with Gasteiger partial charge >= 0.3 is 0 Å². The van der Waals surface area contributed by atoms with Gasteiger partial charge in [0.1, 0.15) is 22.1 Å². The number of rotatable bonds is 1. The van der Waals surface area contributed by atoms with Crippen LogP contribution in [0.2, 0.25) is 5.15 Å². The highest BCUT2D eigenvalue weighted by molar-refractivity contribution is 7.19. The van der Waals surface area contributed by atoms with Crippen molar-refractivity contribution in [3.63, 3.8) is 0 Å². The number of aromatic nitrogens is 2. The molecule has 18 heavy (non-hydrogen) atoms. The molecule has 0 radical (unpaired) electrons. The predicted molar refractivity (Wildman–Crippen MR) is 72.6 cm³/mol. The number of hydrogen-bond donors (Lipinski definition) is 0. The molecule has 2 heterocycles. The molecule has 2 aromatic heterocycles. The van der Waals surface area contributed by atoms with Gasteiger partial charge in [-0.05, 0) is 24.6 Å². The monoisotopic (exact) mass is 278 g/mol. The van der Waals surface area contributed by atoms with E-state index < -0.39 is 0 Å². The van der Waals surface area contributed by atoms with Crippen molar-refractivity contribution in [1.82, 2.24) is 9.97 Å². The van der Waals surface area contributed by atoms with Gasteiger partial charge in [-0.3, -0.25) is 0 Å². The lowest BCUT2D eigenvalue weighted by molar-refractivity contribution is 0.628. The van der Waals surface area contributed by atoms with E-state index in [2.05, 4.69) is 9.97 Å². The lowest BCUT2D eigenvalue weighted by Crippen LogP contribution is -1.83. The zero-order valence-electron chi connectivity index (χ0n) is 9.45. The molecule has 1 aromatic carbocycles. The molecule has 0 spiro atoms. The number of benzene rings is 1. The van der Waals surface area contributed by atoms with Crippen LogP contribution in [0.25, 0.3) is 21.3 Å². The summed E-state index contributed by atoms with van der Waals surface area (Å²) in [4.78, 5) is 10.2. The highest BCUT2D eigenvalue weighted by Gasteiger charge is 2.15. The molecule has 0 N–H and O–H groups in total. The minimum absolute atomic E-state index is 0.252. The van der Waals surface area contributed by atoms with Crippen molar-refractivity contribution in [3.05, 3.63) is 46.4 Å². The summed E-state index contributed by atoms with van der Waals surface area (Å²) in [6.45, 7) is 2.00. The SMILES string of the molecule is Cc1sc2ncnc(Cl)c2c1-c1ccc(F)cc1. The van der Waals surface area contributed by atoms with Gasteiger partial charge in [-0.2, -0.15) is 0 Å². The Balaban J connectivity index is 2.34. The third-order valence-electron chi connectivity index (χ3n) is 2.75. The van der Waals surface area contributed by atoms with Crippen molar-refractivity contribution in [2.45, 2.75) is 6.92 Å². The zero-order chi connectivity index (χ0) is 12.7. The standard InChI is InChI=1S/C13H8ClFN2S/c1-7-10(8-2-4-9(15)5-3-8)11-12(14)16-6-17-13(11)18-7/h2-6H,1H3. The van der Waals surface area contributed by atoms with Gasteiger partial charge in [0.05, 0.1) is 5.39 Å². The first-order valence-electron chi connectivity index (χ1n) is 5.32. The van der Waals surface area contributed by atoms with Crippen molar-refractivity contribution in [3.8, 4) is 11.1 Å². The number of nitrogens with zero attached hydrogens (tertiary/aromatic N) is 2. The summed E-state index contributed by atoms with van der Waals surface area (Å²) < 4.78 is 13.0. The molecule has 0 aliphatic carbocycles. The fourth-order valence-corrected chi connectivity index (χ4v) is 3.27. The Kier molecular flexibility index (Phi) is 2.76. The number of aryl methyl sites for hydroxylation is 1. The molecule has 0 bridgehead atoms. The van der Waals surface area contributed by atoms with E-state index in [1.807, 2.05) is 6.92 Å².